The first-order valence-corrected chi connectivity index (χ1v) is 8.82. The van der Waals surface area contributed by atoms with Crippen molar-refractivity contribution in [3.63, 3.8) is 0 Å². The van der Waals surface area contributed by atoms with Crippen LogP contribution in [0, 0.1) is 12.8 Å². The Labute approximate surface area is 144 Å². The van der Waals surface area contributed by atoms with Crippen molar-refractivity contribution in [2.24, 2.45) is 5.92 Å². The van der Waals surface area contributed by atoms with E-state index >= 15 is 0 Å². The molecule has 2 aromatic rings. The third kappa shape index (κ3) is 4.68. The molecular weight excluding hydrogens is 296 g/mol. The fraction of sp³-hybridized carbons (Fsp3) is 0.381. The molecule has 3 rings (SSSR count). The topological polar surface area (TPSA) is 32.3 Å². The molecule has 3 nitrogen and oxygen atoms in total. The minimum absolute atomic E-state index is 0.0433. The molecule has 1 N–H and O–H groups in total. The van der Waals surface area contributed by atoms with Gasteiger partial charge in [-0.2, -0.15) is 0 Å². The minimum Gasteiger partial charge on any atom is -0.352 e. The van der Waals surface area contributed by atoms with Gasteiger partial charge < -0.3 is 5.32 Å². The van der Waals surface area contributed by atoms with Crippen molar-refractivity contribution in [1.29, 1.82) is 0 Å². The Hall–Kier alpha value is -2.13. The number of nitrogens with zero attached hydrogens (tertiary/aromatic N) is 1. The van der Waals surface area contributed by atoms with Gasteiger partial charge in [0.25, 0.3) is 5.91 Å². The monoisotopic (exact) mass is 322 g/mol. The van der Waals surface area contributed by atoms with Crippen LogP contribution >= 0.6 is 0 Å². The van der Waals surface area contributed by atoms with Crippen LogP contribution in [-0.2, 0) is 6.54 Å². The normalized spacial score (nSPS) is 16.0. The Bertz CT molecular complexity index is 643. The summed E-state index contributed by atoms with van der Waals surface area (Å²) in [4.78, 5) is 14.7. The Morgan fingerprint density at radius 2 is 1.71 bits per heavy atom. The van der Waals surface area contributed by atoms with E-state index in [2.05, 4.69) is 40.5 Å². The number of hydrogen-bond donors (Lipinski definition) is 1. The maximum atomic E-state index is 12.2. The standard InChI is InChI=1S/C21H26N2O/c1-17-7-9-20(10-8-17)21(24)22-15-18-11-13-23(14-12-18)16-19-5-3-2-4-6-19/h2-10,18H,11-16H2,1H3,(H,22,24). The summed E-state index contributed by atoms with van der Waals surface area (Å²) >= 11 is 0. The number of carbonyl (C=O) groups excluding carboxylic acids is 1. The smallest absolute Gasteiger partial charge is 0.251 e. The third-order valence-corrected chi connectivity index (χ3v) is 4.82. The fourth-order valence-electron chi connectivity index (χ4n) is 3.23. The molecule has 0 unspecified atom stereocenters. The zero-order valence-electron chi connectivity index (χ0n) is 14.4. The van der Waals surface area contributed by atoms with E-state index in [1.54, 1.807) is 0 Å². The van der Waals surface area contributed by atoms with Gasteiger partial charge in [-0.1, -0.05) is 48.0 Å². The molecule has 0 atom stereocenters. The van der Waals surface area contributed by atoms with Gasteiger partial charge >= 0.3 is 0 Å². The van der Waals surface area contributed by atoms with E-state index in [4.69, 9.17) is 0 Å². The number of piperidine rings is 1. The van der Waals surface area contributed by atoms with Crippen LogP contribution in [0.4, 0.5) is 0 Å². The molecule has 0 aliphatic carbocycles. The molecule has 1 heterocycles. The van der Waals surface area contributed by atoms with Gasteiger partial charge in [-0.15, -0.1) is 0 Å². The second-order valence-corrected chi connectivity index (χ2v) is 6.78. The van der Waals surface area contributed by atoms with Gasteiger partial charge in [0.15, 0.2) is 0 Å². The van der Waals surface area contributed by atoms with Crippen molar-refractivity contribution in [2.45, 2.75) is 26.3 Å². The predicted molar refractivity (Wildman–Crippen MR) is 98.0 cm³/mol. The summed E-state index contributed by atoms with van der Waals surface area (Å²) in [7, 11) is 0. The molecule has 24 heavy (non-hydrogen) atoms. The summed E-state index contributed by atoms with van der Waals surface area (Å²) in [5.41, 5.74) is 3.31. The minimum atomic E-state index is 0.0433. The number of nitrogens with one attached hydrogen (secondary N) is 1. The number of aryl methyl sites for hydroxylation is 1. The molecule has 1 fully saturated rings. The molecule has 2 aromatic carbocycles. The number of benzene rings is 2. The number of hydrogen-bond acceptors (Lipinski definition) is 2. The van der Waals surface area contributed by atoms with Crippen LogP contribution in [0.3, 0.4) is 0 Å². The first-order valence-electron chi connectivity index (χ1n) is 8.82. The van der Waals surface area contributed by atoms with Gasteiger partial charge in [-0.3, -0.25) is 9.69 Å². The first kappa shape index (κ1) is 16.7. The van der Waals surface area contributed by atoms with E-state index in [0.717, 1.165) is 44.6 Å². The molecule has 3 heteroatoms. The molecular formula is C21H26N2O. The van der Waals surface area contributed by atoms with Gasteiger partial charge in [0.1, 0.15) is 0 Å². The molecule has 1 aliphatic rings. The van der Waals surface area contributed by atoms with Crippen molar-refractivity contribution >= 4 is 5.91 Å². The summed E-state index contributed by atoms with van der Waals surface area (Å²) in [6, 6.07) is 18.4. The molecule has 0 saturated carbocycles. The predicted octanol–water partition coefficient (Wildman–Crippen LogP) is 3.64. The van der Waals surface area contributed by atoms with Crippen LogP contribution in [0.25, 0.3) is 0 Å². The zero-order valence-corrected chi connectivity index (χ0v) is 14.4. The Kier molecular flexibility index (Phi) is 5.65. The van der Waals surface area contributed by atoms with Crippen molar-refractivity contribution in [3.05, 3.63) is 71.3 Å². The summed E-state index contributed by atoms with van der Waals surface area (Å²) in [6.45, 7) is 6.07. The Morgan fingerprint density at radius 3 is 2.38 bits per heavy atom. The van der Waals surface area contributed by atoms with Crippen LogP contribution in [-0.4, -0.2) is 30.4 Å². The van der Waals surface area contributed by atoms with Crippen LogP contribution in [0.15, 0.2) is 54.6 Å². The van der Waals surface area contributed by atoms with Crippen molar-refractivity contribution in [3.8, 4) is 0 Å². The van der Waals surface area contributed by atoms with Crippen LogP contribution in [0.5, 0.6) is 0 Å². The zero-order chi connectivity index (χ0) is 16.8. The Morgan fingerprint density at radius 1 is 1.04 bits per heavy atom. The number of carbonyl (C=O) groups is 1. The molecule has 126 valence electrons. The maximum Gasteiger partial charge on any atom is 0.251 e. The summed E-state index contributed by atoms with van der Waals surface area (Å²) in [6.07, 6.45) is 2.31. The lowest BCUT2D eigenvalue weighted by Gasteiger charge is -2.32. The van der Waals surface area contributed by atoms with Crippen LogP contribution in [0.1, 0.15) is 34.3 Å². The largest absolute Gasteiger partial charge is 0.352 e. The average molecular weight is 322 g/mol. The molecule has 0 bridgehead atoms. The van der Waals surface area contributed by atoms with Crippen molar-refractivity contribution in [2.75, 3.05) is 19.6 Å². The van der Waals surface area contributed by atoms with Crippen LogP contribution < -0.4 is 5.32 Å². The maximum absolute atomic E-state index is 12.2. The molecule has 1 saturated heterocycles. The van der Waals surface area contributed by atoms with Gasteiger partial charge in [-0.05, 0) is 56.5 Å². The highest BCUT2D eigenvalue weighted by molar-refractivity contribution is 5.94. The highest BCUT2D eigenvalue weighted by Crippen LogP contribution is 2.18. The van der Waals surface area contributed by atoms with Crippen molar-refractivity contribution < 1.29 is 4.79 Å². The molecule has 0 aromatic heterocycles. The van der Waals surface area contributed by atoms with Gasteiger partial charge in [0.05, 0.1) is 0 Å². The van der Waals surface area contributed by atoms with E-state index < -0.39 is 0 Å². The highest BCUT2D eigenvalue weighted by Gasteiger charge is 2.19. The average Bonchev–Trinajstić information content (AvgIpc) is 2.62. The van der Waals surface area contributed by atoms with Gasteiger partial charge in [0.2, 0.25) is 0 Å². The lowest BCUT2D eigenvalue weighted by atomic mass is 9.96. The van der Waals surface area contributed by atoms with E-state index in [0.29, 0.717) is 5.92 Å². The van der Waals surface area contributed by atoms with Gasteiger partial charge in [0, 0.05) is 18.7 Å². The SMILES string of the molecule is Cc1ccc(C(=O)NCC2CCN(Cc3ccccc3)CC2)cc1. The first-order chi connectivity index (χ1) is 11.7. The second-order valence-electron chi connectivity index (χ2n) is 6.78. The van der Waals surface area contributed by atoms with Crippen molar-refractivity contribution in [1.82, 2.24) is 10.2 Å². The van der Waals surface area contributed by atoms with E-state index in [1.165, 1.54) is 11.1 Å². The summed E-state index contributed by atoms with van der Waals surface area (Å²) < 4.78 is 0. The van der Waals surface area contributed by atoms with E-state index in [-0.39, 0.29) is 5.91 Å². The number of likely N-dealkylation sites (tertiary alicyclic amines) is 1. The van der Waals surface area contributed by atoms with E-state index in [1.807, 2.05) is 31.2 Å². The molecule has 1 amide bonds. The summed E-state index contributed by atoms with van der Waals surface area (Å²) in [5.74, 6) is 0.633. The molecule has 0 spiro atoms. The fourth-order valence-corrected chi connectivity index (χ4v) is 3.23. The molecule has 0 radical (unpaired) electrons. The number of amides is 1. The third-order valence-electron chi connectivity index (χ3n) is 4.82. The quantitative estimate of drug-likeness (QED) is 0.911. The highest BCUT2D eigenvalue weighted by atomic mass is 16.1. The van der Waals surface area contributed by atoms with Crippen LogP contribution in [0.2, 0.25) is 0 Å². The lowest BCUT2D eigenvalue weighted by molar-refractivity contribution is 0.0935. The summed E-state index contributed by atoms with van der Waals surface area (Å²) in [5, 5.41) is 3.10. The molecule has 1 aliphatic heterocycles. The second kappa shape index (κ2) is 8.11. The van der Waals surface area contributed by atoms with Gasteiger partial charge in [-0.25, -0.2) is 0 Å². The lowest BCUT2D eigenvalue weighted by Crippen LogP contribution is -2.38. The number of rotatable bonds is 5. The Balaban J connectivity index is 1.41. The van der Waals surface area contributed by atoms with E-state index in [9.17, 15) is 4.79 Å².